The molecule has 0 radical (unpaired) electrons. The Labute approximate surface area is 629 Å². The van der Waals surface area contributed by atoms with Crippen LogP contribution in [0, 0.1) is 214 Å². The van der Waals surface area contributed by atoms with Gasteiger partial charge >= 0.3 is 21.7 Å². The Morgan fingerprint density at radius 3 is 0.469 bits per heavy atom. The van der Waals surface area contributed by atoms with Crippen molar-refractivity contribution in [3.8, 4) is 66.8 Å². The van der Waals surface area contributed by atoms with Crippen LogP contribution >= 0.6 is 0 Å². The molecule has 5 heteroatoms. The molecule has 98 heavy (non-hydrogen) atoms. The molecular formula is C93H111Cl3SiTi. The molecule has 1 aliphatic rings. The van der Waals surface area contributed by atoms with E-state index >= 15 is 0 Å². The maximum Gasteiger partial charge on any atom is 4.00 e. The topological polar surface area (TPSA) is 0 Å². The van der Waals surface area contributed by atoms with Crippen LogP contribution in [0.2, 0.25) is 5.04 Å². The zero-order chi connectivity index (χ0) is 69.8. The smallest absolute Gasteiger partial charge is 1.00 e. The van der Waals surface area contributed by atoms with Gasteiger partial charge in [0, 0.05) is 0 Å². The van der Waals surface area contributed by atoms with Crippen molar-refractivity contribution in [3.05, 3.63) is 244 Å². The molecule has 0 saturated carbocycles. The Balaban J connectivity index is 0.00000379. The van der Waals surface area contributed by atoms with Crippen molar-refractivity contribution in [2.75, 3.05) is 0 Å². The molecule has 0 nitrogen and oxygen atoms in total. The van der Waals surface area contributed by atoms with Crippen LogP contribution in [-0.2, 0) is 21.7 Å². The molecule has 0 fully saturated rings. The van der Waals surface area contributed by atoms with Crippen LogP contribution in [-0.4, -0.2) is 8.07 Å². The van der Waals surface area contributed by atoms with Gasteiger partial charge in [-0.15, -0.1) is 6.92 Å². The van der Waals surface area contributed by atoms with Crippen LogP contribution in [0.15, 0.2) is 71.3 Å². The number of hydrogen-bond donors (Lipinski definition) is 0. The SMILES string of the molecule is CC1=[C-]C(C)([Si](c2cc(-c3c(C)c(C)c(C)c(C)c3C)cc(-c3c(C)c(C)c(C)c(C)c3C)c2)(c2cc(-c3c(C)c(C)c(C)c(C)c3C)cc(-c3c(C)c(C)c(C)c(C)c3C)c2)c2cc(-c3c(C)c(C)c(C)c(C)c3C)cc(-c3c(C)c(C)c(C)c(C)c3C)c2)C(C)=C1C.[Cl-].[Cl-].[Cl-].[Ti+4]. The first-order valence-electron chi connectivity index (χ1n) is 34.9. The maximum absolute atomic E-state index is 4.62. The van der Waals surface area contributed by atoms with Crippen LogP contribution < -0.4 is 52.8 Å². The van der Waals surface area contributed by atoms with Gasteiger partial charge in [-0.3, -0.25) is 6.08 Å². The Morgan fingerprint density at radius 2 is 0.347 bits per heavy atom. The fourth-order valence-electron chi connectivity index (χ4n) is 18.0. The summed E-state index contributed by atoms with van der Waals surface area (Å²) < 4.78 is 0. The van der Waals surface area contributed by atoms with Gasteiger partial charge in [0.25, 0.3) is 0 Å². The maximum atomic E-state index is 4.62. The van der Waals surface area contributed by atoms with E-state index in [0.717, 1.165) is 0 Å². The number of benzene rings is 9. The minimum absolute atomic E-state index is 0. The molecule has 9 aromatic carbocycles. The van der Waals surface area contributed by atoms with Gasteiger partial charge in [-0.05, 0) is 475 Å². The minimum Gasteiger partial charge on any atom is -1.00 e. The molecule has 0 saturated heterocycles. The van der Waals surface area contributed by atoms with Crippen molar-refractivity contribution in [1.82, 2.24) is 0 Å². The zero-order valence-corrected chi connectivity index (χ0v) is 71.2. The Bertz CT molecular complexity index is 4030. The van der Waals surface area contributed by atoms with E-state index < -0.39 is 13.1 Å². The molecule has 0 heterocycles. The number of allylic oxidation sites excluding steroid dienone is 4. The second kappa shape index (κ2) is 28.9. The zero-order valence-electron chi connectivity index (χ0n) is 66.3. The van der Waals surface area contributed by atoms with Gasteiger partial charge in [0.15, 0.2) is 0 Å². The van der Waals surface area contributed by atoms with Crippen LogP contribution in [0.4, 0.5) is 0 Å². The molecule has 0 spiro atoms. The third-order valence-electron chi connectivity index (χ3n) is 26.9. The summed E-state index contributed by atoms with van der Waals surface area (Å²) in [6, 6.07) is 24.3. The monoisotopic (exact) mass is 1410 g/mol. The first-order chi connectivity index (χ1) is 43.7. The van der Waals surface area contributed by atoms with Gasteiger partial charge in [0.1, 0.15) is 8.07 Å². The average Bonchev–Trinajstić information content (AvgIpc) is 1.25. The van der Waals surface area contributed by atoms with Crippen molar-refractivity contribution < 1.29 is 58.9 Å². The second-order valence-electron chi connectivity index (χ2n) is 30.3. The predicted octanol–water partition coefficient (Wildman–Crippen LogP) is 15.3. The normalized spacial score (nSPS) is 13.8. The summed E-state index contributed by atoms with van der Waals surface area (Å²) >= 11 is 0. The number of halogens is 3. The van der Waals surface area contributed by atoms with E-state index in [1.807, 2.05) is 0 Å². The Hall–Kier alpha value is -5.74. The summed E-state index contributed by atoms with van der Waals surface area (Å²) in [5, 5.41) is 3.55. The Morgan fingerprint density at radius 1 is 0.214 bits per heavy atom. The van der Waals surface area contributed by atoms with Gasteiger partial charge < -0.3 is 37.2 Å². The summed E-state index contributed by atoms with van der Waals surface area (Å²) in [4.78, 5) is 0. The van der Waals surface area contributed by atoms with Gasteiger partial charge in [0.2, 0.25) is 0 Å². The van der Waals surface area contributed by atoms with E-state index in [1.165, 1.54) is 266 Å². The van der Waals surface area contributed by atoms with Crippen molar-refractivity contribution in [3.63, 3.8) is 0 Å². The van der Waals surface area contributed by atoms with E-state index in [0.29, 0.717) is 0 Å². The molecule has 512 valence electrons. The molecule has 10 rings (SSSR count). The van der Waals surface area contributed by atoms with Crippen LogP contribution in [0.25, 0.3) is 66.8 Å². The minimum atomic E-state index is -3.87. The third kappa shape index (κ3) is 12.1. The number of rotatable bonds is 10. The van der Waals surface area contributed by atoms with Crippen molar-refractivity contribution in [2.45, 2.75) is 240 Å². The van der Waals surface area contributed by atoms with E-state index in [9.17, 15) is 0 Å². The van der Waals surface area contributed by atoms with Crippen LogP contribution in [0.3, 0.4) is 0 Å². The van der Waals surface area contributed by atoms with Gasteiger partial charge in [0.05, 0.1) is 0 Å². The van der Waals surface area contributed by atoms with Crippen LogP contribution in [0.1, 0.15) is 195 Å². The molecule has 1 unspecified atom stereocenters. The molecule has 0 aliphatic heterocycles. The van der Waals surface area contributed by atoms with E-state index in [2.05, 4.69) is 296 Å². The van der Waals surface area contributed by atoms with Crippen molar-refractivity contribution >= 4 is 23.6 Å². The summed E-state index contributed by atoms with van der Waals surface area (Å²) in [5.74, 6) is 0. The third-order valence-corrected chi connectivity index (χ3v) is 32.4. The van der Waals surface area contributed by atoms with E-state index in [4.69, 9.17) is 0 Å². The quantitative estimate of drug-likeness (QED) is 0.0727. The molecule has 1 aliphatic carbocycles. The molecule has 9 aromatic rings. The van der Waals surface area contributed by atoms with Crippen LogP contribution in [0.5, 0.6) is 0 Å². The average molecular weight is 1410 g/mol. The van der Waals surface area contributed by atoms with Gasteiger partial charge in [-0.2, -0.15) is 11.1 Å². The second-order valence-corrected chi connectivity index (χ2v) is 34.5. The van der Waals surface area contributed by atoms with Crippen molar-refractivity contribution in [2.24, 2.45) is 0 Å². The standard InChI is InChI=1S/C93H111Si.3ClH.Ti/c1-45-44-93(34,77(33)46(45)2)94(84-38-78(87-65(21)53(9)47(3)54(10)66(87)22)35-79(39-84)88-67(23)55(11)48(4)56(12)68(88)24,85-40-80(89-69(25)57(13)49(5)58(14)70(89)26)36-81(41-85)90-71(27)59(15)50(6)60(16)72(90)28)86-42-82(91-73(29)61(17)51(7)62(18)74(91)30)37-83(43-86)92-75(31)63(19)52(8)64(20)76(92)32;;;;/h35-43H,1-34H3;3*1H;/q-1;;;;+4/p-3. The molecule has 0 amide bonds. The molecule has 0 bridgehead atoms. The fourth-order valence-corrected chi connectivity index (χ4v) is 24.0. The van der Waals surface area contributed by atoms with E-state index in [1.54, 1.807) is 0 Å². The van der Waals surface area contributed by atoms with Gasteiger partial charge in [-0.1, -0.05) is 62.2 Å². The van der Waals surface area contributed by atoms with Crippen molar-refractivity contribution in [1.29, 1.82) is 0 Å². The first-order valence-corrected chi connectivity index (χ1v) is 36.9. The first kappa shape index (κ1) is 81.2. The van der Waals surface area contributed by atoms with E-state index in [-0.39, 0.29) is 58.9 Å². The number of hydrogen-bond acceptors (Lipinski definition) is 0. The summed E-state index contributed by atoms with van der Waals surface area (Å²) in [5.41, 5.74) is 60.8. The molecule has 0 N–H and O–H groups in total. The summed E-state index contributed by atoms with van der Waals surface area (Å²) in [6.45, 7) is 81.0. The predicted molar refractivity (Wildman–Crippen MR) is 418 cm³/mol. The molecule has 1 atom stereocenters. The molecular weight excluding hydrogens is 1300 g/mol. The van der Waals surface area contributed by atoms with Gasteiger partial charge in [-0.25, -0.2) is 5.57 Å². The molecule has 0 aromatic heterocycles. The summed E-state index contributed by atoms with van der Waals surface area (Å²) in [6.07, 6.45) is 4.62. The fraction of sp³-hybridized carbons (Fsp3) is 0.376. The largest absolute Gasteiger partial charge is 4.00 e. The Kier molecular flexibility index (Phi) is 24.0. The summed E-state index contributed by atoms with van der Waals surface area (Å²) in [7, 11) is -3.87.